The number of hydrogen-bond acceptors (Lipinski definition) is 3. The molecular weight excluding hydrogens is 322 g/mol. The fraction of sp³-hybridized carbons (Fsp3) is 0.316. The fourth-order valence-electron chi connectivity index (χ4n) is 2.51. The van der Waals surface area contributed by atoms with Crippen LogP contribution in [0.1, 0.15) is 34.8 Å². The Morgan fingerprint density at radius 3 is 2.38 bits per heavy atom. The van der Waals surface area contributed by atoms with Crippen LogP contribution in [0.4, 0.5) is 0 Å². The van der Waals surface area contributed by atoms with Gasteiger partial charge in [-0.3, -0.25) is 4.79 Å². The van der Waals surface area contributed by atoms with Crippen LogP contribution < -0.4 is 5.32 Å². The van der Waals surface area contributed by atoms with E-state index in [0.717, 1.165) is 12.8 Å². The maximum atomic E-state index is 12.3. The van der Waals surface area contributed by atoms with Gasteiger partial charge >= 0.3 is 0 Å². The van der Waals surface area contributed by atoms with Crippen LogP contribution in [0.3, 0.4) is 0 Å². The van der Waals surface area contributed by atoms with Gasteiger partial charge in [0.1, 0.15) is 0 Å². The Hall–Kier alpha value is -2.14. The van der Waals surface area contributed by atoms with Crippen LogP contribution in [-0.4, -0.2) is 26.6 Å². The van der Waals surface area contributed by atoms with Gasteiger partial charge < -0.3 is 5.32 Å². The summed E-state index contributed by atoms with van der Waals surface area (Å²) in [5.74, 6) is -0.233. The van der Waals surface area contributed by atoms with Crippen LogP contribution in [0, 0.1) is 0 Å². The third kappa shape index (κ3) is 6.16. The minimum absolute atomic E-state index is 0.0382. The molecule has 0 saturated carbocycles. The molecule has 0 fully saturated rings. The predicted molar refractivity (Wildman–Crippen MR) is 96.7 cm³/mol. The first-order valence-corrected chi connectivity index (χ1v) is 10.0. The van der Waals surface area contributed by atoms with Crippen molar-refractivity contribution in [3.8, 4) is 0 Å². The van der Waals surface area contributed by atoms with Gasteiger partial charge in [-0.05, 0) is 43.0 Å². The van der Waals surface area contributed by atoms with Crippen molar-refractivity contribution in [1.82, 2.24) is 5.32 Å². The molecule has 0 aliphatic rings. The molecule has 0 unspecified atom stereocenters. The molecule has 5 heteroatoms. The minimum Gasteiger partial charge on any atom is -0.350 e. The first-order valence-electron chi connectivity index (χ1n) is 7.95. The second-order valence-electron chi connectivity index (χ2n) is 6.17. The highest BCUT2D eigenvalue weighted by atomic mass is 32.2. The molecule has 0 aliphatic heterocycles. The van der Waals surface area contributed by atoms with Gasteiger partial charge in [-0.15, -0.1) is 0 Å². The number of benzene rings is 2. The van der Waals surface area contributed by atoms with Crippen LogP contribution >= 0.6 is 0 Å². The summed E-state index contributed by atoms with van der Waals surface area (Å²) in [6, 6.07) is 16.9. The summed E-state index contributed by atoms with van der Waals surface area (Å²) in [6.07, 6.45) is 2.93. The first-order chi connectivity index (χ1) is 11.3. The van der Waals surface area contributed by atoms with Crippen LogP contribution in [0.5, 0.6) is 0 Å². The molecule has 0 radical (unpaired) electrons. The minimum atomic E-state index is -3.11. The first kappa shape index (κ1) is 18.2. The van der Waals surface area contributed by atoms with Crippen molar-refractivity contribution in [2.75, 3.05) is 6.26 Å². The van der Waals surface area contributed by atoms with E-state index >= 15 is 0 Å². The average molecular weight is 345 g/mol. The molecule has 128 valence electrons. The van der Waals surface area contributed by atoms with Gasteiger partial charge in [-0.2, -0.15) is 0 Å². The summed E-state index contributed by atoms with van der Waals surface area (Å²) in [5.41, 5.74) is 2.36. The number of hydrogen-bond donors (Lipinski definition) is 1. The van der Waals surface area contributed by atoms with Gasteiger partial charge in [0.05, 0.1) is 5.75 Å². The van der Waals surface area contributed by atoms with Crippen molar-refractivity contribution >= 4 is 15.7 Å². The number of rotatable bonds is 7. The summed E-state index contributed by atoms with van der Waals surface area (Å²) in [5, 5.41) is 2.97. The quantitative estimate of drug-likeness (QED) is 0.839. The lowest BCUT2D eigenvalue weighted by molar-refractivity contribution is 0.0938. The Morgan fingerprint density at radius 2 is 1.71 bits per heavy atom. The Labute approximate surface area is 143 Å². The fourth-order valence-corrected chi connectivity index (χ4v) is 3.30. The largest absolute Gasteiger partial charge is 0.350 e. The Kier molecular flexibility index (Phi) is 6.15. The molecule has 24 heavy (non-hydrogen) atoms. The number of sulfone groups is 1. The molecule has 0 spiro atoms. The number of aryl methyl sites for hydroxylation is 1. The zero-order valence-electron chi connectivity index (χ0n) is 14.0. The zero-order valence-corrected chi connectivity index (χ0v) is 14.8. The van der Waals surface area contributed by atoms with Crippen molar-refractivity contribution in [2.24, 2.45) is 0 Å². The number of nitrogens with one attached hydrogen (secondary N) is 1. The molecule has 0 heterocycles. The molecule has 1 N–H and O–H groups in total. The summed E-state index contributed by atoms with van der Waals surface area (Å²) in [6.45, 7) is 1.97. The zero-order chi connectivity index (χ0) is 17.6. The van der Waals surface area contributed by atoms with E-state index in [0.29, 0.717) is 11.1 Å². The van der Waals surface area contributed by atoms with Gasteiger partial charge in [-0.25, -0.2) is 8.42 Å². The van der Waals surface area contributed by atoms with Gasteiger partial charge in [-0.1, -0.05) is 42.5 Å². The third-order valence-corrected chi connectivity index (χ3v) is 4.56. The highest BCUT2D eigenvalue weighted by Gasteiger charge is 2.12. The second kappa shape index (κ2) is 8.11. The number of carbonyl (C=O) groups is 1. The lowest BCUT2D eigenvalue weighted by Gasteiger charge is -2.14. The van der Waals surface area contributed by atoms with E-state index in [1.165, 1.54) is 11.8 Å². The molecule has 2 rings (SSSR count). The maximum Gasteiger partial charge on any atom is 0.251 e. The van der Waals surface area contributed by atoms with Gasteiger partial charge in [0.2, 0.25) is 0 Å². The van der Waals surface area contributed by atoms with E-state index in [1.807, 2.05) is 25.1 Å². The molecule has 2 aromatic carbocycles. The van der Waals surface area contributed by atoms with Crippen LogP contribution in [0.2, 0.25) is 0 Å². The van der Waals surface area contributed by atoms with E-state index in [1.54, 1.807) is 24.3 Å². The lowest BCUT2D eigenvalue weighted by atomic mass is 10.1. The summed E-state index contributed by atoms with van der Waals surface area (Å²) in [4.78, 5) is 12.3. The van der Waals surface area contributed by atoms with Gasteiger partial charge in [0, 0.05) is 17.9 Å². The molecular formula is C19H23NO3S. The van der Waals surface area contributed by atoms with Crippen molar-refractivity contribution in [3.05, 3.63) is 71.3 Å². The van der Waals surface area contributed by atoms with Crippen molar-refractivity contribution < 1.29 is 13.2 Å². The second-order valence-corrected chi connectivity index (χ2v) is 8.31. The van der Waals surface area contributed by atoms with Crippen LogP contribution in [0.25, 0.3) is 0 Å². The van der Waals surface area contributed by atoms with E-state index in [-0.39, 0.29) is 17.7 Å². The average Bonchev–Trinajstić information content (AvgIpc) is 2.52. The summed E-state index contributed by atoms with van der Waals surface area (Å²) >= 11 is 0. The molecule has 0 bridgehead atoms. The van der Waals surface area contributed by atoms with E-state index < -0.39 is 9.84 Å². The van der Waals surface area contributed by atoms with Crippen molar-refractivity contribution in [2.45, 2.75) is 31.6 Å². The van der Waals surface area contributed by atoms with E-state index in [9.17, 15) is 13.2 Å². The summed E-state index contributed by atoms with van der Waals surface area (Å²) in [7, 11) is -3.11. The molecule has 0 saturated heterocycles. The molecule has 2 aromatic rings. The van der Waals surface area contributed by atoms with Crippen molar-refractivity contribution in [3.63, 3.8) is 0 Å². The van der Waals surface area contributed by atoms with E-state index in [2.05, 4.69) is 17.4 Å². The van der Waals surface area contributed by atoms with Crippen LogP contribution in [-0.2, 0) is 22.0 Å². The molecule has 1 atom stereocenters. The number of carbonyl (C=O) groups excluding carboxylic acids is 1. The topological polar surface area (TPSA) is 63.2 Å². The van der Waals surface area contributed by atoms with Crippen molar-refractivity contribution in [1.29, 1.82) is 0 Å². The molecule has 0 aliphatic carbocycles. The Bertz CT molecular complexity index is 785. The lowest BCUT2D eigenvalue weighted by Crippen LogP contribution is -2.32. The standard InChI is InChI=1S/C19H23NO3S/c1-15(11-12-16-7-4-3-5-8-16)20-19(21)18-10-6-9-17(13-18)14-24(2,22)23/h3-10,13,15H,11-12,14H2,1-2H3,(H,20,21)/t15-/m0/s1. The SMILES string of the molecule is C[C@@H](CCc1ccccc1)NC(=O)c1cccc(CS(C)(=O)=O)c1. The molecule has 1 amide bonds. The highest BCUT2D eigenvalue weighted by molar-refractivity contribution is 7.89. The normalized spacial score (nSPS) is 12.6. The van der Waals surface area contributed by atoms with E-state index in [4.69, 9.17) is 0 Å². The monoisotopic (exact) mass is 345 g/mol. The van der Waals surface area contributed by atoms with Gasteiger partial charge in [0.25, 0.3) is 5.91 Å². The van der Waals surface area contributed by atoms with Crippen LogP contribution in [0.15, 0.2) is 54.6 Å². The molecule has 4 nitrogen and oxygen atoms in total. The predicted octanol–water partition coefficient (Wildman–Crippen LogP) is 2.98. The maximum absolute atomic E-state index is 12.3. The Morgan fingerprint density at radius 1 is 1.04 bits per heavy atom. The molecule has 0 aromatic heterocycles. The summed E-state index contributed by atoms with van der Waals surface area (Å²) < 4.78 is 22.8. The highest BCUT2D eigenvalue weighted by Crippen LogP contribution is 2.10. The van der Waals surface area contributed by atoms with Gasteiger partial charge in [0.15, 0.2) is 9.84 Å². The third-order valence-electron chi connectivity index (χ3n) is 3.70. The smallest absolute Gasteiger partial charge is 0.251 e. The Balaban J connectivity index is 1.93. The number of amides is 1.